The van der Waals surface area contributed by atoms with Crippen molar-refractivity contribution in [3.05, 3.63) is 64.8 Å². The maximum Gasteiger partial charge on any atom is 0.263 e. The summed E-state index contributed by atoms with van der Waals surface area (Å²) >= 11 is 7.16. The number of aromatic nitrogens is 3. The summed E-state index contributed by atoms with van der Waals surface area (Å²) in [5.74, 6) is 0.924. The minimum Gasteiger partial charge on any atom is -0.463 e. The van der Waals surface area contributed by atoms with Gasteiger partial charge in [-0.05, 0) is 43.3 Å². The molecule has 0 amide bonds. The summed E-state index contributed by atoms with van der Waals surface area (Å²) in [7, 11) is -3.79. The van der Waals surface area contributed by atoms with Gasteiger partial charge in [0.1, 0.15) is 11.5 Å². The molecule has 27 heavy (non-hydrogen) atoms. The van der Waals surface area contributed by atoms with Crippen molar-refractivity contribution in [2.75, 3.05) is 4.72 Å². The lowest BCUT2D eigenvalue weighted by Crippen LogP contribution is -2.15. The Morgan fingerprint density at radius 1 is 1.22 bits per heavy atom. The highest BCUT2D eigenvalue weighted by Crippen LogP contribution is 2.27. The van der Waals surface area contributed by atoms with Crippen molar-refractivity contribution in [2.24, 2.45) is 0 Å². The first-order valence-corrected chi connectivity index (χ1v) is 10.5. The van der Waals surface area contributed by atoms with Crippen LogP contribution in [-0.2, 0) is 10.0 Å². The number of hydrogen-bond donors (Lipinski definition) is 1. The maximum atomic E-state index is 12.7. The van der Waals surface area contributed by atoms with E-state index in [0.29, 0.717) is 33.1 Å². The van der Waals surface area contributed by atoms with Gasteiger partial charge in [-0.2, -0.15) is 9.78 Å². The van der Waals surface area contributed by atoms with Crippen LogP contribution in [0.25, 0.3) is 16.6 Å². The van der Waals surface area contributed by atoms with Crippen molar-refractivity contribution in [1.82, 2.24) is 14.8 Å². The van der Waals surface area contributed by atoms with Gasteiger partial charge < -0.3 is 4.42 Å². The topological polar surface area (TPSA) is 90.0 Å². The average Bonchev–Trinajstić information content (AvgIpc) is 3.35. The molecular weight excluding hydrogens is 408 g/mol. The van der Waals surface area contributed by atoms with E-state index in [9.17, 15) is 8.42 Å². The molecule has 3 aromatic heterocycles. The molecule has 7 nitrogen and oxygen atoms in total. The van der Waals surface area contributed by atoms with E-state index in [1.54, 1.807) is 31.4 Å². The van der Waals surface area contributed by atoms with E-state index in [1.807, 2.05) is 5.38 Å². The first-order valence-electron chi connectivity index (χ1n) is 7.77. The molecule has 0 bridgehead atoms. The zero-order valence-electron chi connectivity index (χ0n) is 14.0. The van der Waals surface area contributed by atoms with Crippen LogP contribution in [-0.4, -0.2) is 23.2 Å². The van der Waals surface area contributed by atoms with Gasteiger partial charge in [0.25, 0.3) is 10.0 Å². The molecule has 4 aromatic rings. The van der Waals surface area contributed by atoms with Crippen molar-refractivity contribution >= 4 is 38.8 Å². The number of anilines is 1. The van der Waals surface area contributed by atoms with Crippen LogP contribution < -0.4 is 4.72 Å². The van der Waals surface area contributed by atoms with Crippen LogP contribution in [0.1, 0.15) is 5.69 Å². The van der Waals surface area contributed by atoms with Crippen LogP contribution in [0, 0.1) is 6.92 Å². The van der Waals surface area contributed by atoms with Crippen molar-refractivity contribution in [3.63, 3.8) is 0 Å². The molecule has 0 spiro atoms. The van der Waals surface area contributed by atoms with Crippen molar-refractivity contribution in [3.8, 4) is 16.6 Å². The normalized spacial score (nSPS) is 11.6. The molecule has 138 valence electrons. The Hall–Kier alpha value is -2.62. The molecule has 3 heterocycles. The Bertz CT molecular complexity index is 1180. The number of hydrogen-bond acceptors (Lipinski definition) is 6. The fourth-order valence-corrected chi connectivity index (χ4v) is 4.36. The van der Waals surface area contributed by atoms with Gasteiger partial charge in [-0.15, -0.1) is 11.3 Å². The largest absolute Gasteiger partial charge is 0.463 e. The fraction of sp³-hybridized carbons (Fsp3) is 0.0588. The summed E-state index contributed by atoms with van der Waals surface area (Å²) in [4.78, 5) is 4.59. The number of aryl methyl sites for hydroxylation is 1. The monoisotopic (exact) mass is 420 g/mol. The maximum absolute atomic E-state index is 12.7. The van der Waals surface area contributed by atoms with E-state index < -0.39 is 10.0 Å². The molecular formula is C17H13ClN4O3S2. The molecule has 0 aliphatic carbocycles. The number of rotatable bonds is 5. The molecule has 10 heteroatoms. The standard InChI is InChI=1S/C17H13ClN4O3S2/c1-11-9-16(21-27(23,24)13-6-4-12(18)5-7-13)22(20-11)17-19-14(10-26-17)15-3-2-8-25-15/h2-10,21H,1H3. The van der Waals surface area contributed by atoms with Gasteiger partial charge in [0.05, 0.1) is 16.9 Å². The smallest absolute Gasteiger partial charge is 0.263 e. The van der Waals surface area contributed by atoms with E-state index in [1.165, 1.54) is 40.3 Å². The van der Waals surface area contributed by atoms with E-state index >= 15 is 0 Å². The van der Waals surface area contributed by atoms with Crippen LogP contribution >= 0.6 is 22.9 Å². The number of benzene rings is 1. The van der Waals surface area contributed by atoms with Crippen molar-refractivity contribution in [1.29, 1.82) is 0 Å². The van der Waals surface area contributed by atoms with Crippen LogP contribution in [0.3, 0.4) is 0 Å². The lowest BCUT2D eigenvalue weighted by Gasteiger charge is -2.09. The van der Waals surface area contributed by atoms with Gasteiger partial charge in [-0.1, -0.05) is 11.6 Å². The molecule has 0 saturated carbocycles. The molecule has 0 unspecified atom stereocenters. The van der Waals surface area contributed by atoms with Gasteiger partial charge in [-0.25, -0.2) is 13.4 Å². The third-order valence-electron chi connectivity index (χ3n) is 3.64. The molecule has 0 radical (unpaired) electrons. The molecule has 0 fully saturated rings. The highest BCUT2D eigenvalue weighted by atomic mass is 35.5. The molecule has 0 atom stereocenters. The van der Waals surface area contributed by atoms with Crippen molar-refractivity contribution < 1.29 is 12.8 Å². The van der Waals surface area contributed by atoms with Gasteiger partial charge in [0.2, 0.25) is 5.13 Å². The number of halogens is 1. The zero-order valence-corrected chi connectivity index (χ0v) is 16.3. The number of nitrogens with zero attached hydrogens (tertiary/aromatic N) is 3. The summed E-state index contributed by atoms with van der Waals surface area (Å²) < 4.78 is 34.7. The van der Waals surface area contributed by atoms with E-state index in [4.69, 9.17) is 16.0 Å². The Morgan fingerprint density at radius 2 is 2.00 bits per heavy atom. The summed E-state index contributed by atoms with van der Waals surface area (Å²) in [5, 5.41) is 7.15. The summed E-state index contributed by atoms with van der Waals surface area (Å²) in [5.41, 5.74) is 1.30. The summed E-state index contributed by atoms with van der Waals surface area (Å²) in [6.45, 7) is 1.78. The Balaban J connectivity index is 1.68. The average molecular weight is 421 g/mol. The fourth-order valence-electron chi connectivity index (χ4n) is 2.43. The van der Waals surface area contributed by atoms with E-state index in [0.717, 1.165) is 0 Å². The van der Waals surface area contributed by atoms with Crippen LogP contribution in [0.15, 0.2) is 63.4 Å². The van der Waals surface area contributed by atoms with Crippen molar-refractivity contribution in [2.45, 2.75) is 11.8 Å². The molecule has 1 aromatic carbocycles. The van der Waals surface area contributed by atoms with Gasteiger partial charge >= 0.3 is 0 Å². The molecule has 0 aliphatic heterocycles. The summed E-state index contributed by atoms with van der Waals surface area (Å²) in [6, 6.07) is 11.1. The second-order valence-corrected chi connectivity index (χ2v) is 8.59. The second kappa shape index (κ2) is 6.84. The number of furan rings is 1. The minimum absolute atomic E-state index is 0.104. The van der Waals surface area contributed by atoms with Crippen LogP contribution in [0.4, 0.5) is 5.82 Å². The van der Waals surface area contributed by atoms with Gasteiger partial charge in [0.15, 0.2) is 5.76 Å². The quantitative estimate of drug-likeness (QED) is 0.518. The number of sulfonamides is 1. The van der Waals surface area contributed by atoms with E-state index in [-0.39, 0.29) is 4.90 Å². The Labute approximate surface area is 164 Å². The first-order chi connectivity index (χ1) is 12.9. The number of thiazole rings is 1. The summed E-state index contributed by atoms with van der Waals surface area (Å²) in [6.07, 6.45) is 1.57. The third-order valence-corrected chi connectivity index (χ3v) is 6.08. The van der Waals surface area contributed by atoms with E-state index in [2.05, 4.69) is 14.8 Å². The number of nitrogens with one attached hydrogen (secondary N) is 1. The molecule has 4 rings (SSSR count). The first kappa shape index (κ1) is 17.8. The molecule has 0 saturated heterocycles. The molecule has 1 N–H and O–H groups in total. The minimum atomic E-state index is -3.79. The highest BCUT2D eigenvalue weighted by molar-refractivity contribution is 7.92. The highest BCUT2D eigenvalue weighted by Gasteiger charge is 2.19. The zero-order chi connectivity index (χ0) is 19.0. The second-order valence-electron chi connectivity index (χ2n) is 5.63. The lowest BCUT2D eigenvalue weighted by atomic mass is 10.4. The third kappa shape index (κ3) is 3.61. The van der Waals surface area contributed by atoms with Crippen LogP contribution in [0.5, 0.6) is 0 Å². The predicted molar refractivity (Wildman–Crippen MR) is 104 cm³/mol. The van der Waals surface area contributed by atoms with Gasteiger partial charge in [-0.3, -0.25) is 4.72 Å². The Morgan fingerprint density at radius 3 is 2.70 bits per heavy atom. The molecule has 0 aliphatic rings. The van der Waals surface area contributed by atoms with Gasteiger partial charge in [0, 0.05) is 16.5 Å². The predicted octanol–water partition coefficient (Wildman–Crippen LogP) is 4.35. The SMILES string of the molecule is Cc1cc(NS(=O)(=O)c2ccc(Cl)cc2)n(-c2nc(-c3ccco3)cs2)n1. The lowest BCUT2D eigenvalue weighted by molar-refractivity contribution is 0.580. The Kier molecular flexibility index (Phi) is 4.50. The van der Waals surface area contributed by atoms with Crippen LogP contribution in [0.2, 0.25) is 5.02 Å².